The first-order chi connectivity index (χ1) is 20.3. The summed E-state index contributed by atoms with van der Waals surface area (Å²) in [7, 11) is 0. The van der Waals surface area contributed by atoms with Crippen molar-refractivity contribution < 1.29 is 22.7 Å². The van der Waals surface area contributed by atoms with E-state index in [2.05, 4.69) is 35.3 Å². The van der Waals surface area contributed by atoms with Crippen LogP contribution in [0.25, 0.3) is 5.65 Å². The molecule has 0 aliphatic heterocycles. The number of amides is 1. The molecule has 0 bridgehead atoms. The van der Waals surface area contributed by atoms with E-state index in [1.807, 2.05) is 60.7 Å². The number of rotatable bonds is 10. The minimum atomic E-state index is -4.94. The molecule has 214 valence electrons. The summed E-state index contributed by atoms with van der Waals surface area (Å²) in [4.78, 5) is 23.5. The van der Waals surface area contributed by atoms with Gasteiger partial charge in [0.25, 0.3) is 5.91 Å². The summed E-state index contributed by atoms with van der Waals surface area (Å²) in [5.41, 5.74) is 2.52. The van der Waals surface area contributed by atoms with Crippen LogP contribution in [0.5, 0.6) is 5.88 Å². The molecule has 1 aliphatic rings. The Morgan fingerprint density at radius 1 is 0.976 bits per heavy atom. The van der Waals surface area contributed by atoms with Crippen molar-refractivity contribution in [3.63, 3.8) is 0 Å². The Balaban J connectivity index is 1.46. The molecule has 1 fully saturated rings. The molecule has 42 heavy (non-hydrogen) atoms. The third-order valence-electron chi connectivity index (χ3n) is 6.61. The number of hydrogen-bond acceptors (Lipinski definition) is 7. The van der Waals surface area contributed by atoms with Crippen LogP contribution < -0.4 is 20.3 Å². The summed E-state index contributed by atoms with van der Waals surface area (Å²) >= 11 is 0. The lowest BCUT2D eigenvalue weighted by atomic mass is 10.1. The maximum atomic E-state index is 13.1. The number of benzene rings is 2. The van der Waals surface area contributed by atoms with E-state index in [0.29, 0.717) is 18.9 Å². The van der Waals surface area contributed by atoms with Crippen LogP contribution >= 0.6 is 0 Å². The summed E-state index contributed by atoms with van der Waals surface area (Å²) in [6.07, 6.45) is -0.469. The highest BCUT2D eigenvalue weighted by Gasteiger charge is 2.33. The van der Waals surface area contributed by atoms with Gasteiger partial charge in [0.05, 0.1) is 6.20 Å². The average molecular weight is 574 g/mol. The topological polar surface area (TPSA) is 96.7 Å². The molecule has 6 rings (SSSR count). The quantitative estimate of drug-likeness (QED) is 0.216. The van der Waals surface area contributed by atoms with Crippen molar-refractivity contribution in [1.82, 2.24) is 24.9 Å². The largest absolute Gasteiger partial charge is 0.574 e. The number of pyridine rings is 1. The van der Waals surface area contributed by atoms with Crippen molar-refractivity contribution in [3.8, 4) is 5.88 Å². The second-order valence-corrected chi connectivity index (χ2v) is 9.90. The molecule has 3 aromatic heterocycles. The summed E-state index contributed by atoms with van der Waals surface area (Å²) in [6.45, 7) is 0.958. The van der Waals surface area contributed by atoms with Crippen LogP contribution in [0.4, 0.5) is 30.5 Å². The van der Waals surface area contributed by atoms with Gasteiger partial charge >= 0.3 is 6.36 Å². The Morgan fingerprint density at radius 3 is 2.26 bits per heavy atom. The molecule has 3 heterocycles. The number of halogens is 3. The van der Waals surface area contributed by atoms with Crippen LogP contribution in [0.1, 0.15) is 34.3 Å². The highest BCUT2D eigenvalue weighted by molar-refractivity contribution is 6.00. The Morgan fingerprint density at radius 2 is 1.64 bits per heavy atom. The zero-order valence-electron chi connectivity index (χ0n) is 22.3. The zero-order valence-corrected chi connectivity index (χ0v) is 22.3. The Kier molecular flexibility index (Phi) is 7.34. The van der Waals surface area contributed by atoms with Gasteiger partial charge in [-0.05, 0) is 36.1 Å². The molecule has 0 spiro atoms. The second-order valence-electron chi connectivity index (χ2n) is 9.90. The van der Waals surface area contributed by atoms with Gasteiger partial charge in [-0.3, -0.25) is 4.79 Å². The van der Waals surface area contributed by atoms with E-state index in [9.17, 15) is 18.0 Å². The maximum Gasteiger partial charge on any atom is 0.574 e. The third-order valence-corrected chi connectivity index (χ3v) is 6.61. The van der Waals surface area contributed by atoms with E-state index in [-0.39, 0.29) is 34.7 Å². The lowest BCUT2D eigenvalue weighted by Gasteiger charge is -2.26. The van der Waals surface area contributed by atoms with Gasteiger partial charge in [0, 0.05) is 31.4 Å². The fourth-order valence-electron chi connectivity index (χ4n) is 4.53. The summed E-state index contributed by atoms with van der Waals surface area (Å²) in [6, 6.07) is 24.4. The van der Waals surface area contributed by atoms with Crippen LogP contribution in [0.2, 0.25) is 0 Å². The van der Waals surface area contributed by atoms with Gasteiger partial charge in [0.1, 0.15) is 22.9 Å². The van der Waals surface area contributed by atoms with Crippen molar-refractivity contribution in [2.45, 2.75) is 38.3 Å². The number of carbonyl (C=O) groups is 1. The molecule has 1 saturated carbocycles. The van der Waals surface area contributed by atoms with E-state index < -0.39 is 12.2 Å². The molecule has 2 aromatic carbocycles. The fourth-order valence-corrected chi connectivity index (χ4v) is 4.53. The predicted octanol–water partition coefficient (Wildman–Crippen LogP) is 5.87. The molecule has 2 N–H and O–H groups in total. The summed E-state index contributed by atoms with van der Waals surface area (Å²) < 4.78 is 45.0. The van der Waals surface area contributed by atoms with Crippen LogP contribution in [0, 0.1) is 0 Å². The fraction of sp³-hybridized carbons (Fsp3) is 0.200. The SMILES string of the molecule is O=C(NC1CC1)c1cnn2c(N(Cc3ccccc3)Cc3ccccc3)cc(Nc3cccnc3OC(F)(F)F)nc12. The third kappa shape index (κ3) is 6.43. The van der Waals surface area contributed by atoms with E-state index in [1.165, 1.54) is 24.5 Å². The number of nitrogens with zero attached hydrogens (tertiary/aromatic N) is 5. The van der Waals surface area contributed by atoms with Gasteiger partial charge in [0.15, 0.2) is 5.65 Å². The van der Waals surface area contributed by atoms with E-state index in [0.717, 1.165) is 24.0 Å². The Hall–Kier alpha value is -5.13. The highest BCUT2D eigenvalue weighted by Crippen LogP contribution is 2.32. The van der Waals surface area contributed by atoms with Crippen LogP contribution in [0.15, 0.2) is 91.3 Å². The van der Waals surface area contributed by atoms with Crippen molar-refractivity contribution in [2.24, 2.45) is 0 Å². The van der Waals surface area contributed by atoms with Crippen molar-refractivity contribution >= 4 is 28.9 Å². The molecule has 12 heteroatoms. The smallest absolute Gasteiger partial charge is 0.386 e. The maximum absolute atomic E-state index is 13.1. The molecule has 0 atom stereocenters. The average Bonchev–Trinajstić information content (AvgIpc) is 3.68. The minimum Gasteiger partial charge on any atom is -0.386 e. The lowest BCUT2D eigenvalue weighted by molar-refractivity contribution is -0.275. The number of ether oxygens (including phenoxy) is 1. The van der Waals surface area contributed by atoms with E-state index in [4.69, 9.17) is 0 Å². The predicted molar refractivity (Wildman–Crippen MR) is 150 cm³/mol. The first kappa shape index (κ1) is 27.1. The Bertz CT molecular complexity index is 1650. The van der Waals surface area contributed by atoms with Gasteiger partial charge in [0.2, 0.25) is 5.88 Å². The number of nitrogens with one attached hydrogen (secondary N) is 2. The molecule has 1 amide bonds. The first-order valence-electron chi connectivity index (χ1n) is 13.3. The van der Waals surface area contributed by atoms with Crippen LogP contribution in [0.3, 0.4) is 0 Å². The molecule has 1 aliphatic carbocycles. The monoisotopic (exact) mass is 573 g/mol. The first-order valence-corrected chi connectivity index (χ1v) is 13.3. The molecular weight excluding hydrogens is 547 g/mol. The van der Waals surface area contributed by atoms with Gasteiger partial charge in [-0.25, -0.2) is 9.97 Å². The van der Waals surface area contributed by atoms with E-state index in [1.54, 1.807) is 10.6 Å². The molecule has 9 nitrogen and oxygen atoms in total. The number of hydrogen-bond donors (Lipinski definition) is 2. The van der Waals surface area contributed by atoms with Crippen LogP contribution in [-0.4, -0.2) is 37.9 Å². The highest BCUT2D eigenvalue weighted by atomic mass is 19.4. The molecule has 0 radical (unpaired) electrons. The van der Waals surface area contributed by atoms with Crippen molar-refractivity contribution in [1.29, 1.82) is 0 Å². The second kappa shape index (κ2) is 11.4. The Labute approximate surface area is 239 Å². The number of aromatic nitrogens is 4. The molecule has 0 saturated heterocycles. The molecule has 5 aromatic rings. The zero-order chi connectivity index (χ0) is 29.1. The molecular formula is C30H26F3N7O2. The molecule has 0 unspecified atom stereocenters. The summed E-state index contributed by atoms with van der Waals surface area (Å²) in [5, 5.41) is 10.4. The van der Waals surface area contributed by atoms with Gasteiger partial charge in [-0.15, -0.1) is 13.2 Å². The van der Waals surface area contributed by atoms with Gasteiger partial charge < -0.3 is 20.3 Å². The van der Waals surface area contributed by atoms with Gasteiger partial charge in [-0.1, -0.05) is 60.7 Å². The number of carbonyl (C=O) groups excluding carboxylic acids is 1. The van der Waals surface area contributed by atoms with Crippen LogP contribution in [-0.2, 0) is 13.1 Å². The number of fused-ring (bicyclic) bond motifs is 1. The normalized spacial score (nSPS) is 13.1. The number of anilines is 3. The number of alkyl halides is 3. The van der Waals surface area contributed by atoms with Gasteiger partial charge in [-0.2, -0.15) is 9.61 Å². The lowest BCUT2D eigenvalue weighted by Crippen LogP contribution is -2.26. The summed E-state index contributed by atoms with van der Waals surface area (Å²) in [5.74, 6) is -0.213. The minimum absolute atomic E-state index is 0.0428. The standard InChI is InChI=1S/C30H26F3N7O2/c31-30(32,33)42-29-24(12-7-15-34-29)37-25-16-26(40-27(38-25)23(17-35-40)28(41)36-22-13-14-22)39(18-20-8-3-1-4-9-20)19-21-10-5-2-6-11-21/h1-12,15-17,22H,13-14,18-19H2,(H,36,41)(H,37,38). The van der Waals surface area contributed by atoms with E-state index >= 15 is 0 Å². The van der Waals surface area contributed by atoms with Crippen molar-refractivity contribution in [3.05, 3.63) is 108 Å². The van der Waals surface area contributed by atoms with Crippen molar-refractivity contribution in [2.75, 3.05) is 10.2 Å².